The standard InChI is InChI=1S/C32H36FNO4/c1-21(34-15-4-5-23(19-33)14-16-34)20-37-28-11-8-24(9-12-28)32-31(25-6-3-7-26(35)17-25)22(2)29-18-27(36)10-13-30(29)38-32/h3,6-13,17-18,21,23,32,35-36H,4-5,14-16,19-20H2,1-2H3/t21-,23+,32?/m0/s1. The van der Waals surface area contributed by atoms with E-state index in [1.165, 1.54) is 0 Å². The Balaban J connectivity index is 1.34. The van der Waals surface area contributed by atoms with E-state index in [2.05, 4.69) is 11.8 Å². The zero-order valence-electron chi connectivity index (χ0n) is 22.1. The van der Waals surface area contributed by atoms with E-state index in [-0.39, 0.29) is 36.2 Å². The summed E-state index contributed by atoms with van der Waals surface area (Å²) in [4.78, 5) is 2.41. The number of allylic oxidation sites excluding steroid dienone is 1. The number of phenols is 2. The third kappa shape index (κ3) is 5.65. The molecule has 2 aliphatic heterocycles. The number of hydrogen-bond acceptors (Lipinski definition) is 5. The molecule has 2 N–H and O–H groups in total. The molecule has 38 heavy (non-hydrogen) atoms. The average molecular weight is 518 g/mol. The predicted molar refractivity (Wildman–Crippen MR) is 148 cm³/mol. The van der Waals surface area contributed by atoms with E-state index in [0.717, 1.165) is 65.9 Å². The summed E-state index contributed by atoms with van der Waals surface area (Å²) in [5, 5.41) is 20.2. The van der Waals surface area contributed by atoms with Crippen molar-refractivity contribution < 1.29 is 24.1 Å². The second-order valence-electron chi connectivity index (χ2n) is 10.5. The second kappa shape index (κ2) is 11.5. The molecule has 200 valence electrons. The van der Waals surface area contributed by atoms with Gasteiger partial charge in [-0.3, -0.25) is 9.29 Å². The van der Waals surface area contributed by atoms with Crippen LogP contribution >= 0.6 is 0 Å². The van der Waals surface area contributed by atoms with E-state index in [1.807, 2.05) is 43.3 Å². The zero-order chi connectivity index (χ0) is 26.6. The highest BCUT2D eigenvalue weighted by Crippen LogP contribution is 2.47. The number of hydrogen-bond donors (Lipinski definition) is 2. The van der Waals surface area contributed by atoms with Crippen LogP contribution in [0.5, 0.6) is 23.0 Å². The van der Waals surface area contributed by atoms with Gasteiger partial charge in [-0.25, -0.2) is 0 Å². The summed E-state index contributed by atoms with van der Waals surface area (Å²) in [5.74, 6) is 2.06. The van der Waals surface area contributed by atoms with E-state index in [0.29, 0.717) is 12.4 Å². The van der Waals surface area contributed by atoms with Gasteiger partial charge in [0.25, 0.3) is 0 Å². The molecule has 0 spiro atoms. The Hall–Kier alpha value is -3.51. The molecule has 1 unspecified atom stereocenters. The molecule has 3 atom stereocenters. The van der Waals surface area contributed by atoms with Crippen molar-refractivity contribution in [1.29, 1.82) is 0 Å². The first kappa shape index (κ1) is 26.1. The molecule has 0 aromatic heterocycles. The smallest absolute Gasteiger partial charge is 0.150 e. The Labute approximate surface area is 224 Å². The monoisotopic (exact) mass is 517 g/mol. The summed E-state index contributed by atoms with van der Waals surface area (Å²) in [7, 11) is 0. The highest BCUT2D eigenvalue weighted by Gasteiger charge is 2.30. The lowest BCUT2D eigenvalue weighted by Gasteiger charge is -2.31. The molecule has 3 aromatic rings. The molecular weight excluding hydrogens is 481 g/mol. The van der Waals surface area contributed by atoms with Gasteiger partial charge in [-0.2, -0.15) is 0 Å². The summed E-state index contributed by atoms with van der Waals surface area (Å²) >= 11 is 0. The van der Waals surface area contributed by atoms with Gasteiger partial charge in [-0.15, -0.1) is 0 Å². The van der Waals surface area contributed by atoms with Crippen LogP contribution in [0.4, 0.5) is 4.39 Å². The van der Waals surface area contributed by atoms with E-state index >= 15 is 0 Å². The molecule has 5 nitrogen and oxygen atoms in total. The van der Waals surface area contributed by atoms with Gasteiger partial charge in [0.05, 0.1) is 6.67 Å². The van der Waals surface area contributed by atoms with Crippen molar-refractivity contribution in [1.82, 2.24) is 4.90 Å². The second-order valence-corrected chi connectivity index (χ2v) is 10.5. The first-order valence-corrected chi connectivity index (χ1v) is 13.5. The highest BCUT2D eigenvalue weighted by atomic mass is 19.1. The Morgan fingerprint density at radius 2 is 1.79 bits per heavy atom. The topological polar surface area (TPSA) is 62.2 Å². The molecule has 0 saturated carbocycles. The van der Waals surface area contributed by atoms with Gasteiger partial charge in [0.1, 0.15) is 35.7 Å². The van der Waals surface area contributed by atoms with Crippen LogP contribution in [0.25, 0.3) is 11.1 Å². The number of halogens is 1. The lowest BCUT2D eigenvalue weighted by molar-refractivity contribution is 0.148. The van der Waals surface area contributed by atoms with Crippen LogP contribution in [-0.4, -0.2) is 47.5 Å². The minimum Gasteiger partial charge on any atom is -0.508 e. The molecule has 2 aliphatic rings. The molecule has 0 radical (unpaired) electrons. The van der Waals surface area contributed by atoms with Crippen LogP contribution < -0.4 is 9.47 Å². The minimum absolute atomic E-state index is 0.179. The van der Waals surface area contributed by atoms with Crippen LogP contribution in [0.3, 0.4) is 0 Å². The number of nitrogens with zero attached hydrogens (tertiary/aromatic N) is 1. The van der Waals surface area contributed by atoms with Gasteiger partial charge in [-0.1, -0.05) is 24.3 Å². The van der Waals surface area contributed by atoms with E-state index in [4.69, 9.17) is 9.47 Å². The third-order valence-corrected chi connectivity index (χ3v) is 7.83. The Kier molecular flexibility index (Phi) is 7.89. The van der Waals surface area contributed by atoms with Crippen molar-refractivity contribution in [3.63, 3.8) is 0 Å². The largest absolute Gasteiger partial charge is 0.508 e. The SMILES string of the molecule is CC1=C(c2cccc(O)c2)C(c2ccc(OC[C@H](C)N3CCC[C@@H](CF)CC3)cc2)Oc2ccc(O)cc21. The van der Waals surface area contributed by atoms with Gasteiger partial charge >= 0.3 is 0 Å². The van der Waals surface area contributed by atoms with Gasteiger partial charge < -0.3 is 19.7 Å². The predicted octanol–water partition coefficient (Wildman–Crippen LogP) is 7.00. The van der Waals surface area contributed by atoms with E-state index < -0.39 is 0 Å². The van der Waals surface area contributed by atoms with Gasteiger partial charge in [0.2, 0.25) is 0 Å². The maximum Gasteiger partial charge on any atom is 0.150 e. The molecule has 1 fully saturated rings. The third-order valence-electron chi connectivity index (χ3n) is 7.83. The highest BCUT2D eigenvalue weighted by molar-refractivity contribution is 5.95. The quantitative estimate of drug-likeness (QED) is 0.353. The molecule has 6 heteroatoms. The van der Waals surface area contributed by atoms with Gasteiger partial charge in [-0.05, 0) is 111 Å². The average Bonchev–Trinajstić information content (AvgIpc) is 3.18. The molecule has 3 aromatic carbocycles. The summed E-state index contributed by atoms with van der Waals surface area (Å²) < 4.78 is 25.7. The Morgan fingerprint density at radius 1 is 1.00 bits per heavy atom. The first-order chi connectivity index (χ1) is 18.4. The first-order valence-electron chi connectivity index (χ1n) is 13.5. The number of ether oxygens (including phenoxy) is 2. The van der Waals surface area contributed by atoms with Crippen molar-refractivity contribution >= 4 is 11.1 Å². The summed E-state index contributed by atoms with van der Waals surface area (Å²) in [6.07, 6.45) is 2.53. The van der Waals surface area contributed by atoms with Crippen LogP contribution in [-0.2, 0) is 0 Å². The van der Waals surface area contributed by atoms with Gasteiger partial charge in [0.15, 0.2) is 0 Å². The molecule has 1 saturated heterocycles. The lowest BCUT2D eigenvalue weighted by atomic mass is 9.86. The summed E-state index contributed by atoms with van der Waals surface area (Å²) in [6, 6.07) is 20.5. The number of phenolic OH excluding ortho intramolecular Hbond substituents is 2. The van der Waals surface area contributed by atoms with Crippen molar-refractivity contribution in [2.75, 3.05) is 26.4 Å². The van der Waals surface area contributed by atoms with E-state index in [1.54, 1.807) is 30.3 Å². The lowest BCUT2D eigenvalue weighted by Crippen LogP contribution is -2.38. The number of fused-ring (bicyclic) bond motifs is 1. The molecule has 0 aliphatic carbocycles. The fraction of sp³-hybridized carbons (Fsp3) is 0.375. The van der Waals surface area contributed by atoms with Crippen molar-refractivity contribution in [2.45, 2.75) is 45.3 Å². The molecule has 5 rings (SSSR count). The normalized spacial score (nSPS) is 20.8. The minimum atomic E-state index is -0.387. The van der Waals surface area contributed by atoms with E-state index in [9.17, 15) is 14.6 Å². The number of aromatic hydroxyl groups is 2. The number of likely N-dealkylation sites (tertiary alicyclic amines) is 1. The zero-order valence-corrected chi connectivity index (χ0v) is 22.1. The fourth-order valence-corrected chi connectivity index (χ4v) is 5.56. The van der Waals surface area contributed by atoms with Crippen LogP contribution in [0.1, 0.15) is 55.9 Å². The molecule has 2 heterocycles. The number of rotatable bonds is 7. The summed E-state index contributed by atoms with van der Waals surface area (Å²) in [6.45, 7) is 6.45. The van der Waals surface area contributed by atoms with Gasteiger partial charge in [0, 0.05) is 17.2 Å². The van der Waals surface area contributed by atoms with Crippen molar-refractivity contribution in [3.8, 4) is 23.0 Å². The van der Waals surface area contributed by atoms with Crippen molar-refractivity contribution in [3.05, 3.63) is 83.4 Å². The van der Waals surface area contributed by atoms with Crippen molar-refractivity contribution in [2.24, 2.45) is 5.92 Å². The fourth-order valence-electron chi connectivity index (χ4n) is 5.56. The Morgan fingerprint density at radius 3 is 2.55 bits per heavy atom. The number of benzene rings is 3. The molecular formula is C32H36FNO4. The Bertz CT molecular complexity index is 1290. The molecule has 0 bridgehead atoms. The maximum absolute atomic E-state index is 13.1. The van der Waals surface area contributed by atoms with Crippen LogP contribution in [0, 0.1) is 5.92 Å². The summed E-state index contributed by atoms with van der Waals surface area (Å²) in [5.41, 5.74) is 4.59. The van der Waals surface area contributed by atoms with Crippen LogP contribution in [0.15, 0.2) is 66.7 Å². The molecule has 0 amide bonds. The van der Waals surface area contributed by atoms with Crippen LogP contribution in [0.2, 0.25) is 0 Å². The maximum atomic E-state index is 13.1. The number of alkyl halides is 1.